The summed E-state index contributed by atoms with van der Waals surface area (Å²) < 4.78 is 13.8. The molecule has 1 aliphatic rings. The van der Waals surface area contributed by atoms with Gasteiger partial charge in [0.2, 0.25) is 5.78 Å². The highest BCUT2D eigenvalue weighted by molar-refractivity contribution is 9.10. The van der Waals surface area contributed by atoms with Gasteiger partial charge in [-0.3, -0.25) is 9.59 Å². The van der Waals surface area contributed by atoms with Crippen molar-refractivity contribution < 1.29 is 14.0 Å². The van der Waals surface area contributed by atoms with Crippen molar-refractivity contribution in [2.45, 2.75) is 6.42 Å². The molecule has 1 aliphatic heterocycles. The number of hydrogen-bond donors (Lipinski definition) is 1. The molecule has 1 aromatic rings. The summed E-state index contributed by atoms with van der Waals surface area (Å²) in [5.74, 6) is -1.83. The fraction of sp³-hybridized carbons (Fsp3) is 0.111. The van der Waals surface area contributed by atoms with Crippen LogP contribution in [-0.4, -0.2) is 11.7 Å². The van der Waals surface area contributed by atoms with Gasteiger partial charge in [0.05, 0.1) is 5.69 Å². The van der Waals surface area contributed by atoms with Crippen LogP contribution in [0.15, 0.2) is 16.6 Å². The van der Waals surface area contributed by atoms with Gasteiger partial charge in [-0.05, 0) is 17.7 Å². The highest BCUT2D eigenvalue weighted by Crippen LogP contribution is 2.28. The number of anilines is 1. The van der Waals surface area contributed by atoms with Crippen LogP contribution in [0, 0.1) is 5.82 Å². The van der Waals surface area contributed by atoms with Crippen LogP contribution in [0.25, 0.3) is 0 Å². The zero-order chi connectivity index (χ0) is 10.3. The molecular formula is C9H5BrFNO2. The van der Waals surface area contributed by atoms with Gasteiger partial charge in [-0.15, -0.1) is 0 Å². The second kappa shape index (κ2) is 3.16. The molecule has 0 saturated heterocycles. The predicted molar refractivity (Wildman–Crippen MR) is 51.4 cm³/mol. The van der Waals surface area contributed by atoms with Crippen molar-refractivity contribution in [1.29, 1.82) is 0 Å². The number of fused-ring (bicyclic) bond motifs is 1. The average Bonchev–Trinajstić information content (AvgIpc) is 2.08. The van der Waals surface area contributed by atoms with Crippen LogP contribution in [0.4, 0.5) is 10.1 Å². The van der Waals surface area contributed by atoms with Crippen LogP contribution < -0.4 is 5.32 Å². The Morgan fingerprint density at radius 2 is 2.07 bits per heavy atom. The standard InChI is InChI=1S/C9H5BrFNO2/c10-5-1-4-2-7(13)9(14)12-8(4)6(11)3-5/h1,3H,2H2,(H,12,14). The molecule has 72 valence electrons. The summed E-state index contributed by atoms with van der Waals surface area (Å²) in [7, 11) is 0. The first kappa shape index (κ1) is 9.33. The molecular weight excluding hydrogens is 253 g/mol. The van der Waals surface area contributed by atoms with Gasteiger partial charge in [-0.2, -0.15) is 0 Å². The van der Waals surface area contributed by atoms with E-state index < -0.39 is 17.5 Å². The molecule has 0 fully saturated rings. The van der Waals surface area contributed by atoms with Gasteiger partial charge in [-0.1, -0.05) is 15.9 Å². The molecule has 0 aliphatic carbocycles. The van der Waals surface area contributed by atoms with Crippen molar-refractivity contribution in [2.75, 3.05) is 5.32 Å². The number of Topliss-reactive ketones (excluding diaryl/α,β-unsaturated/α-hetero) is 1. The molecule has 1 amide bonds. The first-order valence-electron chi connectivity index (χ1n) is 3.90. The van der Waals surface area contributed by atoms with Crippen molar-refractivity contribution in [2.24, 2.45) is 0 Å². The summed E-state index contributed by atoms with van der Waals surface area (Å²) in [5, 5.41) is 2.22. The quantitative estimate of drug-likeness (QED) is 0.719. The van der Waals surface area contributed by atoms with Crippen LogP contribution in [-0.2, 0) is 16.0 Å². The van der Waals surface area contributed by atoms with Gasteiger partial charge in [0, 0.05) is 10.9 Å². The molecule has 2 rings (SSSR count). The molecule has 3 nitrogen and oxygen atoms in total. The SMILES string of the molecule is O=C1Cc2cc(Br)cc(F)c2NC1=O. The molecule has 5 heteroatoms. The molecule has 1 aromatic carbocycles. The lowest BCUT2D eigenvalue weighted by Gasteiger charge is -2.16. The predicted octanol–water partition coefficient (Wildman–Crippen LogP) is 1.65. The van der Waals surface area contributed by atoms with Crippen LogP contribution >= 0.6 is 15.9 Å². The molecule has 1 N–H and O–H groups in total. The molecule has 14 heavy (non-hydrogen) atoms. The van der Waals surface area contributed by atoms with Crippen molar-refractivity contribution >= 4 is 33.3 Å². The maximum Gasteiger partial charge on any atom is 0.292 e. The molecule has 1 heterocycles. The number of rotatable bonds is 0. The number of amides is 1. The largest absolute Gasteiger partial charge is 0.317 e. The number of ketones is 1. The monoisotopic (exact) mass is 257 g/mol. The van der Waals surface area contributed by atoms with Gasteiger partial charge in [0.15, 0.2) is 0 Å². The topological polar surface area (TPSA) is 46.2 Å². The van der Waals surface area contributed by atoms with E-state index in [9.17, 15) is 14.0 Å². The summed E-state index contributed by atoms with van der Waals surface area (Å²) in [4.78, 5) is 22.0. The second-order valence-electron chi connectivity index (χ2n) is 2.98. The number of nitrogens with one attached hydrogen (secondary N) is 1. The number of carbonyl (C=O) groups is 2. The highest BCUT2D eigenvalue weighted by atomic mass is 79.9. The third kappa shape index (κ3) is 1.43. The Hall–Kier alpha value is -1.23. The van der Waals surface area contributed by atoms with E-state index in [1.54, 1.807) is 6.07 Å². The normalized spacial score (nSPS) is 15.0. The van der Waals surface area contributed by atoms with Gasteiger partial charge >= 0.3 is 0 Å². The first-order valence-corrected chi connectivity index (χ1v) is 4.69. The van der Waals surface area contributed by atoms with E-state index in [2.05, 4.69) is 21.2 Å². The van der Waals surface area contributed by atoms with Crippen molar-refractivity contribution in [3.8, 4) is 0 Å². The minimum atomic E-state index is -0.751. The van der Waals surface area contributed by atoms with Crippen LogP contribution in [0.3, 0.4) is 0 Å². The first-order chi connectivity index (χ1) is 6.58. The van der Waals surface area contributed by atoms with Crippen molar-refractivity contribution in [3.05, 3.63) is 28.0 Å². The smallest absolute Gasteiger partial charge is 0.292 e. The Balaban J connectivity index is 2.57. The summed E-state index contributed by atoms with van der Waals surface area (Å²) in [6, 6.07) is 2.87. The van der Waals surface area contributed by atoms with E-state index >= 15 is 0 Å². The zero-order valence-electron chi connectivity index (χ0n) is 6.93. The minimum absolute atomic E-state index is 0.0441. The molecule has 0 radical (unpaired) electrons. The summed E-state index contributed by atoms with van der Waals surface area (Å²) in [5.41, 5.74) is 0.610. The zero-order valence-corrected chi connectivity index (χ0v) is 8.52. The van der Waals surface area contributed by atoms with E-state index in [0.717, 1.165) is 0 Å². The number of carbonyl (C=O) groups excluding carboxylic acids is 2. The molecule has 0 unspecified atom stereocenters. The number of halogens is 2. The molecule has 0 spiro atoms. The molecule has 0 atom stereocenters. The lowest BCUT2D eigenvalue weighted by molar-refractivity contribution is -0.134. The van der Waals surface area contributed by atoms with Crippen LogP contribution in [0.1, 0.15) is 5.56 Å². The minimum Gasteiger partial charge on any atom is -0.317 e. The average molecular weight is 258 g/mol. The second-order valence-corrected chi connectivity index (χ2v) is 3.89. The maximum absolute atomic E-state index is 13.3. The molecule has 0 aromatic heterocycles. The van der Waals surface area contributed by atoms with Crippen molar-refractivity contribution in [1.82, 2.24) is 0 Å². The van der Waals surface area contributed by atoms with Gasteiger partial charge in [-0.25, -0.2) is 4.39 Å². The Morgan fingerprint density at radius 3 is 2.79 bits per heavy atom. The summed E-state index contributed by atoms with van der Waals surface area (Å²) >= 11 is 3.11. The maximum atomic E-state index is 13.3. The third-order valence-electron chi connectivity index (χ3n) is 1.98. The fourth-order valence-electron chi connectivity index (χ4n) is 1.34. The summed E-state index contributed by atoms with van der Waals surface area (Å²) in [6.45, 7) is 0. The lowest BCUT2D eigenvalue weighted by Crippen LogP contribution is -2.30. The van der Waals surface area contributed by atoms with Gasteiger partial charge < -0.3 is 5.32 Å². The number of benzene rings is 1. The van der Waals surface area contributed by atoms with E-state index in [0.29, 0.717) is 10.0 Å². The Bertz CT molecular complexity index is 445. The van der Waals surface area contributed by atoms with Gasteiger partial charge in [0.25, 0.3) is 5.91 Å². The van der Waals surface area contributed by atoms with E-state index in [1.165, 1.54) is 6.07 Å². The van der Waals surface area contributed by atoms with Crippen LogP contribution in [0.5, 0.6) is 0 Å². The number of hydrogen-bond acceptors (Lipinski definition) is 2. The van der Waals surface area contributed by atoms with E-state index in [4.69, 9.17) is 0 Å². The van der Waals surface area contributed by atoms with Gasteiger partial charge in [0.1, 0.15) is 5.82 Å². The summed E-state index contributed by atoms with van der Waals surface area (Å²) in [6.07, 6.45) is -0.0441. The van der Waals surface area contributed by atoms with E-state index in [-0.39, 0.29) is 12.1 Å². The third-order valence-corrected chi connectivity index (χ3v) is 2.44. The Kier molecular flexibility index (Phi) is 2.11. The molecule has 0 bridgehead atoms. The molecule has 0 saturated carbocycles. The Morgan fingerprint density at radius 1 is 1.36 bits per heavy atom. The van der Waals surface area contributed by atoms with Crippen LogP contribution in [0.2, 0.25) is 0 Å². The fourth-order valence-corrected chi connectivity index (χ4v) is 1.82. The lowest BCUT2D eigenvalue weighted by atomic mass is 10.0. The Labute approximate surface area is 87.4 Å². The van der Waals surface area contributed by atoms with Crippen molar-refractivity contribution in [3.63, 3.8) is 0 Å². The highest BCUT2D eigenvalue weighted by Gasteiger charge is 2.25. The van der Waals surface area contributed by atoms with E-state index in [1.807, 2.05) is 0 Å².